The van der Waals surface area contributed by atoms with Gasteiger partial charge in [-0.15, -0.1) is 0 Å². The summed E-state index contributed by atoms with van der Waals surface area (Å²) in [5.41, 5.74) is -3.10. The summed E-state index contributed by atoms with van der Waals surface area (Å²) in [6.45, 7) is 0. The molecule has 0 aliphatic rings. The van der Waals surface area contributed by atoms with Gasteiger partial charge >= 0.3 is 11.8 Å². The van der Waals surface area contributed by atoms with Gasteiger partial charge in [0.25, 0.3) is 15.9 Å². The Bertz CT molecular complexity index is 1650. The minimum atomic E-state index is -4.80. The molecule has 0 atom stereocenters. The quantitative estimate of drug-likeness (QED) is 0.286. The molecule has 0 unspecified atom stereocenters. The van der Waals surface area contributed by atoms with Gasteiger partial charge in [-0.3, -0.25) is 9.52 Å². The lowest BCUT2D eigenvalue weighted by Crippen LogP contribution is -2.19. The van der Waals surface area contributed by atoms with Crippen LogP contribution in [0.2, 0.25) is 10.0 Å². The lowest BCUT2D eigenvalue weighted by molar-refractivity contribution is -0.136. The van der Waals surface area contributed by atoms with Crippen LogP contribution in [0, 0.1) is 0 Å². The van der Waals surface area contributed by atoms with Crippen molar-refractivity contribution in [3.05, 3.63) is 98.3 Å². The monoisotopic (exact) mass is 556 g/mol. The highest BCUT2D eigenvalue weighted by Crippen LogP contribution is 2.35. The van der Waals surface area contributed by atoms with Gasteiger partial charge in [0.2, 0.25) is 0 Å². The van der Waals surface area contributed by atoms with Crippen molar-refractivity contribution in [3.8, 4) is 0 Å². The SMILES string of the molecule is O=C(Nc1ccc2c(C(F)(F)F)cc(=O)oc2c1)c1cc(Cl)ccc1NS(=O)(=O)c1ccc(Cl)cc1. The molecule has 7 nitrogen and oxygen atoms in total. The number of carbonyl (C=O) groups is 1. The molecule has 186 valence electrons. The van der Waals surface area contributed by atoms with Crippen LogP contribution in [0.25, 0.3) is 11.0 Å². The number of rotatable bonds is 5. The maximum Gasteiger partial charge on any atom is 0.417 e. The van der Waals surface area contributed by atoms with Crippen LogP contribution in [0.1, 0.15) is 15.9 Å². The summed E-state index contributed by atoms with van der Waals surface area (Å²) in [5.74, 6) is -0.833. The van der Waals surface area contributed by atoms with Crippen LogP contribution in [0.15, 0.2) is 80.8 Å². The lowest BCUT2D eigenvalue weighted by Gasteiger charge is -2.14. The molecular weight excluding hydrogens is 544 g/mol. The molecule has 0 radical (unpaired) electrons. The van der Waals surface area contributed by atoms with E-state index in [9.17, 15) is 31.2 Å². The van der Waals surface area contributed by atoms with Gasteiger partial charge in [-0.1, -0.05) is 23.2 Å². The normalized spacial score (nSPS) is 11.9. The minimum absolute atomic E-state index is 0.0125. The average Bonchev–Trinajstić information content (AvgIpc) is 2.79. The number of amides is 1. The summed E-state index contributed by atoms with van der Waals surface area (Å²) in [7, 11) is -4.11. The first-order chi connectivity index (χ1) is 16.8. The topological polar surface area (TPSA) is 105 Å². The van der Waals surface area contributed by atoms with Crippen LogP contribution >= 0.6 is 23.2 Å². The van der Waals surface area contributed by atoms with Crippen LogP contribution in [-0.4, -0.2) is 14.3 Å². The third-order valence-corrected chi connectivity index (χ3v) is 6.77. The highest BCUT2D eigenvalue weighted by atomic mass is 35.5. The molecule has 13 heteroatoms. The van der Waals surface area contributed by atoms with Gasteiger partial charge in [-0.2, -0.15) is 13.2 Å². The van der Waals surface area contributed by atoms with Gasteiger partial charge in [0.05, 0.1) is 21.7 Å². The molecule has 0 saturated heterocycles. The highest BCUT2D eigenvalue weighted by Gasteiger charge is 2.34. The summed E-state index contributed by atoms with van der Waals surface area (Å²) in [4.78, 5) is 24.5. The molecular formula is C23H13Cl2F3N2O5S. The van der Waals surface area contributed by atoms with Crippen LogP contribution in [0.5, 0.6) is 0 Å². The van der Waals surface area contributed by atoms with Crippen molar-refractivity contribution in [1.82, 2.24) is 0 Å². The number of halogens is 5. The Hall–Kier alpha value is -3.54. The zero-order chi connectivity index (χ0) is 26.3. The maximum absolute atomic E-state index is 13.3. The zero-order valence-electron chi connectivity index (χ0n) is 17.7. The zero-order valence-corrected chi connectivity index (χ0v) is 20.0. The van der Waals surface area contributed by atoms with Crippen molar-refractivity contribution >= 4 is 61.5 Å². The molecule has 1 heterocycles. The van der Waals surface area contributed by atoms with Gasteiger partial charge < -0.3 is 9.73 Å². The molecule has 2 N–H and O–H groups in total. The molecule has 0 saturated carbocycles. The Morgan fingerprint density at radius 3 is 2.22 bits per heavy atom. The van der Waals surface area contributed by atoms with E-state index in [1.165, 1.54) is 48.5 Å². The predicted octanol–water partition coefficient (Wildman–Crippen LogP) is 6.17. The number of fused-ring (bicyclic) bond motifs is 1. The van der Waals surface area contributed by atoms with E-state index in [4.69, 9.17) is 27.6 Å². The van der Waals surface area contributed by atoms with E-state index < -0.39 is 38.9 Å². The summed E-state index contributed by atoms with van der Waals surface area (Å²) in [6.07, 6.45) is -4.80. The molecule has 1 amide bonds. The third kappa shape index (κ3) is 5.48. The molecule has 4 aromatic rings. The molecule has 36 heavy (non-hydrogen) atoms. The average molecular weight is 557 g/mol. The number of alkyl halides is 3. The predicted molar refractivity (Wildman–Crippen MR) is 129 cm³/mol. The Morgan fingerprint density at radius 1 is 0.889 bits per heavy atom. The molecule has 1 aromatic heterocycles. The van der Waals surface area contributed by atoms with Crippen LogP contribution in [0.3, 0.4) is 0 Å². The highest BCUT2D eigenvalue weighted by molar-refractivity contribution is 7.92. The van der Waals surface area contributed by atoms with Crippen molar-refractivity contribution in [3.63, 3.8) is 0 Å². The largest absolute Gasteiger partial charge is 0.423 e. The number of nitrogens with one attached hydrogen (secondary N) is 2. The van der Waals surface area contributed by atoms with E-state index in [0.29, 0.717) is 11.1 Å². The van der Waals surface area contributed by atoms with Crippen molar-refractivity contribution in [1.29, 1.82) is 0 Å². The van der Waals surface area contributed by atoms with Crippen molar-refractivity contribution in [2.75, 3.05) is 10.0 Å². The molecule has 0 spiro atoms. The van der Waals surface area contributed by atoms with Crippen LogP contribution < -0.4 is 15.7 Å². The number of hydrogen-bond acceptors (Lipinski definition) is 5. The van der Waals surface area contributed by atoms with Gasteiger partial charge in [-0.05, 0) is 54.6 Å². The lowest BCUT2D eigenvalue weighted by atomic mass is 10.1. The summed E-state index contributed by atoms with van der Waals surface area (Å²) in [6, 6.07) is 12.8. The second-order valence-electron chi connectivity index (χ2n) is 7.39. The molecule has 0 aliphatic carbocycles. The van der Waals surface area contributed by atoms with E-state index in [1.807, 2.05) is 0 Å². The third-order valence-electron chi connectivity index (χ3n) is 4.90. The number of sulfonamides is 1. The maximum atomic E-state index is 13.3. The molecule has 4 rings (SSSR count). The van der Waals surface area contributed by atoms with E-state index in [2.05, 4.69) is 10.0 Å². The van der Waals surface area contributed by atoms with Gasteiger partial charge in [0.15, 0.2) is 0 Å². The molecule has 0 aliphatic heterocycles. The first-order valence-electron chi connectivity index (χ1n) is 9.88. The van der Waals surface area contributed by atoms with E-state index in [1.54, 1.807) is 0 Å². The fraction of sp³-hybridized carbons (Fsp3) is 0.0435. The second kappa shape index (κ2) is 9.49. The molecule has 3 aromatic carbocycles. The second-order valence-corrected chi connectivity index (χ2v) is 9.95. The Labute approximate surface area is 211 Å². The van der Waals surface area contributed by atoms with Gasteiger partial charge in [-0.25, -0.2) is 13.2 Å². The van der Waals surface area contributed by atoms with Crippen LogP contribution in [-0.2, 0) is 16.2 Å². The van der Waals surface area contributed by atoms with E-state index >= 15 is 0 Å². The summed E-state index contributed by atoms with van der Waals surface area (Å²) >= 11 is 11.8. The Morgan fingerprint density at radius 2 is 1.56 bits per heavy atom. The van der Waals surface area contributed by atoms with Crippen molar-refractivity contribution in [2.24, 2.45) is 0 Å². The molecule has 0 fully saturated rings. The molecule has 0 bridgehead atoms. The van der Waals surface area contributed by atoms with E-state index in [-0.39, 0.29) is 32.2 Å². The number of hydrogen-bond donors (Lipinski definition) is 2. The Kier molecular flexibility index (Phi) is 6.74. The van der Waals surface area contributed by atoms with Gasteiger partial charge in [0, 0.05) is 33.3 Å². The fourth-order valence-electron chi connectivity index (χ4n) is 3.28. The summed E-state index contributed by atoms with van der Waals surface area (Å²) < 4.78 is 72.5. The standard InChI is InChI=1S/C23H13Cl2F3N2O5S/c24-12-1-5-15(6-2-12)36(33,34)30-19-8-3-13(25)9-17(19)22(32)29-14-4-7-16-18(23(26,27)28)11-21(31)35-20(16)10-14/h1-11,30H,(H,29,32). The Balaban J connectivity index is 1.67. The minimum Gasteiger partial charge on any atom is -0.423 e. The summed E-state index contributed by atoms with van der Waals surface area (Å²) in [5, 5.41) is 2.51. The van der Waals surface area contributed by atoms with Gasteiger partial charge in [0.1, 0.15) is 5.58 Å². The van der Waals surface area contributed by atoms with Crippen molar-refractivity contribution in [2.45, 2.75) is 11.1 Å². The first kappa shape index (κ1) is 25.5. The number of anilines is 2. The number of carbonyl (C=O) groups excluding carboxylic acids is 1. The van der Waals surface area contributed by atoms with E-state index in [0.717, 1.165) is 12.1 Å². The fourth-order valence-corrected chi connectivity index (χ4v) is 4.66. The first-order valence-corrected chi connectivity index (χ1v) is 12.1. The van der Waals surface area contributed by atoms with Crippen LogP contribution in [0.4, 0.5) is 24.5 Å². The number of benzene rings is 3. The smallest absolute Gasteiger partial charge is 0.417 e. The van der Waals surface area contributed by atoms with Crippen molar-refractivity contribution < 1.29 is 30.8 Å².